The molecule has 0 radical (unpaired) electrons. The average molecular weight is 356 g/mol. The molecule has 1 N–H and O–H groups in total. The third kappa shape index (κ3) is 3.69. The summed E-state index contributed by atoms with van der Waals surface area (Å²) in [4.78, 5) is 39.6. The van der Waals surface area contributed by atoms with Crippen LogP contribution in [0.1, 0.15) is 15.9 Å². The van der Waals surface area contributed by atoms with E-state index in [9.17, 15) is 14.4 Å². The Bertz CT molecular complexity index is 1000. The predicted molar refractivity (Wildman–Crippen MR) is 90.9 cm³/mol. The second kappa shape index (κ2) is 7.18. The first-order valence-corrected chi connectivity index (χ1v) is 8.00. The molecule has 0 saturated heterocycles. The van der Waals surface area contributed by atoms with E-state index in [0.717, 1.165) is 27.9 Å². The molecule has 0 atom stereocenters. The van der Waals surface area contributed by atoms with E-state index in [2.05, 4.69) is 4.98 Å². The van der Waals surface area contributed by atoms with Gasteiger partial charge in [-0.2, -0.15) is 0 Å². The topological polar surface area (TPSA) is 98.0 Å². The highest BCUT2D eigenvalue weighted by atomic mass is 32.2. The molecular formula is C17H12N2O5S. The fourth-order valence-corrected chi connectivity index (χ4v) is 2.83. The highest BCUT2D eigenvalue weighted by Crippen LogP contribution is 2.24. The first-order chi connectivity index (χ1) is 12.1. The minimum Gasteiger partial charge on any atom is -0.477 e. The molecule has 126 valence electrons. The molecule has 1 aromatic carbocycles. The SMILES string of the molecule is O=C(OCc1ccccc1)Sc1cccn2c(=O)c(C(=O)O)cnc12. The van der Waals surface area contributed by atoms with Crippen LogP contribution in [0.15, 0.2) is 64.5 Å². The number of carbonyl (C=O) groups excluding carboxylic acids is 1. The molecule has 0 amide bonds. The van der Waals surface area contributed by atoms with Gasteiger partial charge in [0.05, 0.1) is 4.90 Å². The Morgan fingerprint density at radius 2 is 1.92 bits per heavy atom. The molecular weight excluding hydrogens is 344 g/mol. The molecule has 3 aromatic rings. The van der Waals surface area contributed by atoms with Gasteiger partial charge >= 0.3 is 11.3 Å². The summed E-state index contributed by atoms with van der Waals surface area (Å²) < 4.78 is 6.28. The van der Waals surface area contributed by atoms with E-state index in [0.29, 0.717) is 4.90 Å². The number of fused-ring (bicyclic) bond motifs is 1. The molecule has 0 bridgehead atoms. The highest BCUT2D eigenvalue weighted by Gasteiger charge is 2.15. The Morgan fingerprint density at radius 1 is 1.16 bits per heavy atom. The van der Waals surface area contributed by atoms with Gasteiger partial charge in [-0.1, -0.05) is 30.3 Å². The minimum atomic E-state index is -1.35. The second-order valence-corrected chi connectivity index (χ2v) is 5.95. The number of aromatic carboxylic acids is 1. The van der Waals surface area contributed by atoms with Gasteiger partial charge in [0.25, 0.3) is 5.56 Å². The van der Waals surface area contributed by atoms with Crippen molar-refractivity contribution in [3.63, 3.8) is 0 Å². The van der Waals surface area contributed by atoms with Crippen LogP contribution in [-0.2, 0) is 11.3 Å². The summed E-state index contributed by atoms with van der Waals surface area (Å²) in [5, 5.41) is 8.44. The summed E-state index contributed by atoms with van der Waals surface area (Å²) in [7, 11) is 0. The van der Waals surface area contributed by atoms with Gasteiger partial charge in [-0.3, -0.25) is 9.20 Å². The van der Waals surface area contributed by atoms with E-state index in [-0.39, 0.29) is 12.3 Å². The number of hydrogen-bond acceptors (Lipinski definition) is 6. The van der Waals surface area contributed by atoms with Crippen molar-refractivity contribution in [3.8, 4) is 0 Å². The molecule has 0 unspecified atom stereocenters. The van der Waals surface area contributed by atoms with Crippen LogP contribution in [0.2, 0.25) is 0 Å². The molecule has 2 aromatic heterocycles. The first-order valence-electron chi connectivity index (χ1n) is 7.18. The summed E-state index contributed by atoms with van der Waals surface area (Å²) in [5.41, 5.74) is -0.0992. The van der Waals surface area contributed by atoms with Gasteiger partial charge < -0.3 is 9.84 Å². The number of nitrogens with zero attached hydrogens (tertiary/aromatic N) is 2. The van der Waals surface area contributed by atoms with E-state index in [1.54, 1.807) is 6.07 Å². The van der Waals surface area contributed by atoms with Crippen molar-refractivity contribution in [2.24, 2.45) is 0 Å². The molecule has 0 fully saturated rings. The average Bonchev–Trinajstić information content (AvgIpc) is 2.61. The Hall–Kier alpha value is -3.13. The van der Waals surface area contributed by atoms with E-state index in [4.69, 9.17) is 9.84 Å². The van der Waals surface area contributed by atoms with Crippen molar-refractivity contribution in [3.05, 3.63) is 76.3 Å². The number of carboxylic acids is 1. The molecule has 2 heterocycles. The zero-order valence-electron chi connectivity index (χ0n) is 12.8. The summed E-state index contributed by atoms with van der Waals surface area (Å²) in [5.74, 6) is -1.35. The van der Waals surface area contributed by atoms with Crippen molar-refractivity contribution < 1.29 is 19.4 Å². The van der Waals surface area contributed by atoms with Gasteiger partial charge in [0, 0.05) is 12.4 Å². The normalized spacial score (nSPS) is 10.6. The van der Waals surface area contributed by atoms with Crippen LogP contribution in [0.25, 0.3) is 5.65 Å². The van der Waals surface area contributed by atoms with Crippen molar-refractivity contribution in [1.82, 2.24) is 9.38 Å². The summed E-state index contributed by atoms with van der Waals surface area (Å²) in [6, 6.07) is 12.4. The fraction of sp³-hybridized carbons (Fsp3) is 0.0588. The predicted octanol–water partition coefficient (Wildman–Crippen LogP) is 2.82. The monoisotopic (exact) mass is 356 g/mol. The van der Waals surface area contributed by atoms with E-state index < -0.39 is 22.4 Å². The van der Waals surface area contributed by atoms with Gasteiger partial charge in [0.1, 0.15) is 12.2 Å². The molecule has 7 nitrogen and oxygen atoms in total. The number of carboxylic acid groups (broad SMARTS) is 1. The maximum Gasteiger partial charge on any atom is 0.372 e. The molecule has 0 spiro atoms. The number of aromatic nitrogens is 2. The molecule has 0 aliphatic rings. The van der Waals surface area contributed by atoms with Crippen LogP contribution in [0.4, 0.5) is 4.79 Å². The Morgan fingerprint density at radius 3 is 2.64 bits per heavy atom. The zero-order chi connectivity index (χ0) is 17.8. The number of hydrogen-bond donors (Lipinski definition) is 1. The second-order valence-electron chi connectivity index (χ2n) is 4.97. The van der Waals surface area contributed by atoms with E-state index in [1.165, 1.54) is 12.3 Å². The zero-order valence-corrected chi connectivity index (χ0v) is 13.6. The standard InChI is InChI=1S/C17H12N2O5S/c20-15-12(16(21)22)9-18-14-13(7-4-8-19(14)15)25-17(23)24-10-11-5-2-1-3-6-11/h1-9H,10H2,(H,21,22). The maximum absolute atomic E-state index is 12.1. The van der Waals surface area contributed by atoms with Crippen LogP contribution in [0, 0.1) is 0 Å². The quantitative estimate of drug-likeness (QED) is 0.567. The lowest BCUT2D eigenvalue weighted by Crippen LogP contribution is -2.22. The maximum atomic E-state index is 12.1. The van der Waals surface area contributed by atoms with E-state index in [1.807, 2.05) is 30.3 Å². The van der Waals surface area contributed by atoms with Gasteiger partial charge in [-0.25, -0.2) is 14.6 Å². The Labute approximate surface area is 145 Å². The molecule has 0 saturated carbocycles. The molecule has 25 heavy (non-hydrogen) atoms. The molecule has 0 aliphatic carbocycles. The number of pyridine rings is 1. The summed E-state index contributed by atoms with van der Waals surface area (Å²) in [6.07, 6.45) is 2.38. The van der Waals surface area contributed by atoms with Gasteiger partial charge in [0.15, 0.2) is 5.65 Å². The lowest BCUT2D eigenvalue weighted by Gasteiger charge is -2.07. The molecule has 8 heteroatoms. The largest absolute Gasteiger partial charge is 0.477 e. The van der Waals surface area contributed by atoms with Crippen LogP contribution < -0.4 is 5.56 Å². The van der Waals surface area contributed by atoms with Crippen molar-refractivity contribution in [2.75, 3.05) is 0 Å². The molecule has 0 aliphatic heterocycles. The van der Waals surface area contributed by atoms with Crippen molar-refractivity contribution >= 4 is 28.7 Å². The summed E-state index contributed by atoms with van der Waals surface area (Å²) in [6.45, 7) is 0.133. The third-order valence-corrected chi connectivity index (χ3v) is 4.14. The third-order valence-electron chi connectivity index (χ3n) is 3.32. The smallest absolute Gasteiger partial charge is 0.372 e. The number of rotatable bonds is 4. The summed E-state index contributed by atoms with van der Waals surface area (Å²) >= 11 is 0.785. The number of thioether (sulfide) groups is 1. The highest BCUT2D eigenvalue weighted by molar-refractivity contribution is 8.13. The lowest BCUT2D eigenvalue weighted by atomic mass is 10.2. The van der Waals surface area contributed by atoms with Crippen LogP contribution in [-0.4, -0.2) is 25.8 Å². The Balaban J connectivity index is 1.82. The van der Waals surface area contributed by atoms with Gasteiger partial charge in [-0.15, -0.1) is 0 Å². The van der Waals surface area contributed by atoms with Crippen molar-refractivity contribution in [2.45, 2.75) is 11.5 Å². The molecule has 3 rings (SSSR count). The fourth-order valence-electron chi connectivity index (χ4n) is 2.14. The van der Waals surface area contributed by atoms with E-state index >= 15 is 0 Å². The first kappa shape index (κ1) is 16.7. The number of ether oxygens (including phenoxy) is 1. The van der Waals surface area contributed by atoms with Gasteiger partial charge in [-0.05, 0) is 29.5 Å². The van der Waals surface area contributed by atoms with Crippen LogP contribution >= 0.6 is 11.8 Å². The van der Waals surface area contributed by atoms with Crippen LogP contribution in [0.3, 0.4) is 0 Å². The van der Waals surface area contributed by atoms with Crippen molar-refractivity contribution in [1.29, 1.82) is 0 Å². The lowest BCUT2D eigenvalue weighted by molar-refractivity contribution is 0.0694. The number of carbonyl (C=O) groups is 2. The van der Waals surface area contributed by atoms with Crippen LogP contribution in [0.5, 0.6) is 0 Å². The minimum absolute atomic E-state index is 0.133. The van der Waals surface area contributed by atoms with Gasteiger partial charge in [0.2, 0.25) is 0 Å². The number of benzene rings is 1. The Kier molecular flexibility index (Phi) is 4.80.